The zero-order valence-corrected chi connectivity index (χ0v) is 14.1. The molecule has 0 aromatic rings. The number of rotatable bonds is 9. The van der Waals surface area contributed by atoms with Gasteiger partial charge in [-0.3, -0.25) is 0 Å². The molecule has 104 valence electrons. The van der Waals surface area contributed by atoms with E-state index in [9.17, 15) is 0 Å². The Morgan fingerprint density at radius 1 is 0.765 bits per heavy atom. The van der Waals surface area contributed by atoms with Crippen LogP contribution in [-0.4, -0.2) is 18.3 Å². The Morgan fingerprint density at radius 2 is 1.12 bits per heavy atom. The van der Waals surface area contributed by atoms with Gasteiger partial charge in [-0.05, 0) is 0 Å². The van der Waals surface area contributed by atoms with Crippen molar-refractivity contribution in [3.05, 3.63) is 0 Å². The molecular formula is C13H30O3Ti. The average molecular weight is 282 g/mol. The molecule has 0 atom stereocenters. The third-order valence-corrected chi connectivity index (χ3v) is 7.48. The predicted molar refractivity (Wildman–Crippen MR) is 68.4 cm³/mol. The fourth-order valence-corrected chi connectivity index (χ4v) is 7.14. The van der Waals surface area contributed by atoms with Crippen LogP contribution >= 0.6 is 0 Å². The molecule has 0 radical (unpaired) electrons. The second-order valence-electron chi connectivity index (χ2n) is 5.29. The first-order valence-electron chi connectivity index (χ1n) is 6.84. The van der Waals surface area contributed by atoms with Gasteiger partial charge in [0.1, 0.15) is 0 Å². The summed E-state index contributed by atoms with van der Waals surface area (Å²) in [5.74, 6) is 0. The molecule has 17 heavy (non-hydrogen) atoms. The van der Waals surface area contributed by atoms with Crippen LogP contribution in [0.5, 0.6) is 0 Å². The SMILES string of the molecule is CCC[CH2][Ti]([O]C(C)C)([O]C(C)C)[O]C(C)C. The van der Waals surface area contributed by atoms with Gasteiger partial charge in [-0.2, -0.15) is 0 Å². The third kappa shape index (κ3) is 8.33. The standard InChI is InChI=1S/C4H9.3C3H7O.Ti/c1-3-4-2;3*1-3(2)4;/h1,3-4H2,2H3;3*3H,1-2H3;/q;3*-1;+3. The van der Waals surface area contributed by atoms with Gasteiger partial charge in [0.25, 0.3) is 0 Å². The fourth-order valence-electron chi connectivity index (χ4n) is 1.73. The molecular weight excluding hydrogens is 252 g/mol. The summed E-state index contributed by atoms with van der Waals surface area (Å²) >= 11 is -3.07. The van der Waals surface area contributed by atoms with E-state index in [4.69, 9.17) is 9.96 Å². The van der Waals surface area contributed by atoms with Crippen molar-refractivity contribution < 1.29 is 27.7 Å². The molecule has 0 aliphatic heterocycles. The molecule has 0 saturated carbocycles. The summed E-state index contributed by atoms with van der Waals surface area (Å²) in [7, 11) is 0. The second kappa shape index (κ2) is 8.65. The van der Waals surface area contributed by atoms with Crippen LogP contribution in [0.3, 0.4) is 0 Å². The Balaban J connectivity index is 4.76. The summed E-state index contributed by atoms with van der Waals surface area (Å²) < 4.78 is 19.3. The first-order valence-corrected chi connectivity index (χ1v) is 9.86. The minimum atomic E-state index is -3.07. The summed E-state index contributed by atoms with van der Waals surface area (Å²) in [5.41, 5.74) is 0. The van der Waals surface area contributed by atoms with Gasteiger partial charge < -0.3 is 0 Å². The van der Waals surface area contributed by atoms with Crippen LogP contribution in [0.2, 0.25) is 4.73 Å². The van der Waals surface area contributed by atoms with Gasteiger partial charge in [-0.15, -0.1) is 0 Å². The Hall–Kier alpha value is 0.594. The molecule has 0 bridgehead atoms. The van der Waals surface area contributed by atoms with Crippen LogP contribution in [0.1, 0.15) is 61.3 Å². The van der Waals surface area contributed by atoms with Gasteiger partial charge in [-0.25, -0.2) is 0 Å². The van der Waals surface area contributed by atoms with Crippen molar-refractivity contribution in [1.82, 2.24) is 0 Å². The van der Waals surface area contributed by atoms with Gasteiger partial charge >= 0.3 is 112 Å². The molecule has 0 aliphatic rings. The molecule has 0 N–H and O–H groups in total. The van der Waals surface area contributed by atoms with Crippen LogP contribution in [0.15, 0.2) is 0 Å². The average Bonchev–Trinajstić information content (AvgIpc) is 2.11. The molecule has 0 unspecified atom stereocenters. The molecule has 0 aliphatic carbocycles. The Kier molecular flexibility index (Phi) is 8.96. The van der Waals surface area contributed by atoms with E-state index >= 15 is 0 Å². The third-order valence-electron chi connectivity index (χ3n) is 2.08. The summed E-state index contributed by atoms with van der Waals surface area (Å²) in [4.78, 5) is 0. The van der Waals surface area contributed by atoms with E-state index in [0.717, 1.165) is 17.6 Å². The topological polar surface area (TPSA) is 27.7 Å². The Morgan fingerprint density at radius 3 is 1.35 bits per heavy atom. The molecule has 0 fully saturated rings. The van der Waals surface area contributed by atoms with Crippen molar-refractivity contribution in [2.24, 2.45) is 0 Å². The van der Waals surface area contributed by atoms with E-state index in [0.29, 0.717) is 0 Å². The number of hydrogen-bond donors (Lipinski definition) is 0. The molecule has 0 aromatic heterocycles. The maximum atomic E-state index is 6.10. The van der Waals surface area contributed by atoms with E-state index in [1.807, 2.05) is 0 Å². The Bertz CT molecular complexity index is 167. The van der Waals surface area contributed by atoms with E-state index in [1.54, 1.807) is 0 Å². The first-order chi connectivity index (χ1) is 7.81. The molecule has 0 amide bonds. The molecule has 0 aromatic carbocycles. The monoisotopic (exact) mass is 282 g/mol. The minimum absolute atomic E-state index is 0.171. The fraction of sp³-hybridized carbons (Fsp3) is 1.00. The molecule has 4 heteroatoms. The maximum absolute atomic E-state index is 6.10. The van der Waals surface area contributed by atoms with Crippen molar-refractivity contribution in [2.75, 3.05) is 0 Å². The van der Waals surface area contributed by atoms with Crippen LogP contribution in [0.4, 0.5) is 0 Å². The van der Waals surface area contributed by atoms with Crippen LogP contribution in [-0.2, 0) is 27.7 Å². The molecule has 0 heterocycles. The summed E-state index contributed by atoms with van der Waals surface area (Å²) in [5, 5.41) is 0. The summed E-state index contributed by atoms with van der Waals surface area (Å²) in [6.07, 6.45) is 2.78. The van der Waals surface area contributed by atoms with Crippen molar-refractivity contribution >= 4 is 0 Å². The van der Waals surface area contributed by atoms with Crippen LogP contribution in [0.25, 0.3) is 0 Å². The van der Waals surface area contributed by atoms with E-state index in [1.165, 1.54) is 0 Å². The quantitative estimate of drug-likeness (QED) is 0.587. The van der Waals surface area contributed by atoms with Crippen molar-refractivity contribution in [3.63, 3.8) is 0 Å². The predicted octanol–water partition coefficient (Wildman–Crippen LogP) is 4.38. The summed E-state index contributed by atoms with van der Waals surface area (Å²) in [6.45, 7) is 14.5. The van der Waals surface area contributed by atoms with E-state index in [-0.39, 0.29) is 18.3 Å². The van der Waals surface area contributed by atoms with E-state index < -0.39 is 17.8 Å². The van der Waals surface area contributed by atoms with Crippen molar-refractivity contribution in [3.8, 4) is 0 Å². The normalized spacial score (nSPS) is 13.1. The van der Waals surface area contributed by atoms with Gasteiger partial charge in [0.2, 0.25) is 0 Å². The van der Waals surface area contributed by atoms with Gasteiger partial charge in [0.15, 0.2) is 0 Å². The number of unbranched alkanes of at least 4 members (excludes halogenated alkanes) is 1. The van der Waals surface area contributed by atoms with Crippen molar-refractivity contribution in [2.45, 2.75) is 84.3 Å². The van der Waals surface area contributed by atoms with Crippen LogP contribution < -0.4 is 0 Å². The van der Waals surface area contributed by atoms with E-state index in [2.05, 4.69) is 48.5 Å². The molecule has 0 spiro atoms. The van der Waals surface area contributed by atoms with Gasteiger partial charge in [-0.1, -0.05) is 0 Å². The Labute approximate surface area is 112 Å². The molecule has 3 nitrogen and oxygen atoms in total. The summed E-state index contributed by atoms with van der Waals surface area (Å²) in [6, 6.07) is 0. The zero-order chi connectivity index (χ0) is 13.5. The van der Waals surface area contributed by atoms with Gasteiger partial charge in [0.05, 0.1) is 0 Å². The molecule has 0 rings (SSSR count). The van der Waals surface area contributed by atoms with Gasteiger partial charge in [0, 0.05) is 0 Å². The molecule has 0 saturated heterocycles. The van der Waals surface area contributed by atoms with Crippen molar-refractivity contribution in [1.29, 1.82) is 0 Å². The first kappa shape index (κ1) is 17.6. The number of hydrogen-bond acceptors (Lipinski definition) is 3. The second-order valence-corrected chi connectivity index (χ2v) is 9.30. The zero-order valence-electron chi connectivity index (χ0n) is 12.6. The van der Waals surface area contributed by atoms with Crippen LogP contribution in [0, 0.1) is 0 Å².